The maximum absolute atomic E-state index is 5.62. The van der Waals surface area contributed by atoms with Crippen molar-refractivity contribution >= 4 is 5.96 Å². The van der Waals surface area contributed by atoms with Gasteiger partial charge in [0.15, 0.2) is 0 Å². The molecule has 0 aromatic heterocycles. The topological polar surface area (TPSA) is 62.4 Å². The van der Waals surface area contributed by atoms with Crippen LogP contribution in [0.2, 0.25) is 0 Å². The lowest BCUT2D eigenvalue weighted by molar-refractivity contribution is 0.124. The van der Waals surface area contributed by atoms with E-state index in [4.69, 9.17) is 5.84 Å². The Morgan fingerprint density at radius 1 is 1.37 bits per heavy atom. The van der Waals surface area contributed by atoms with Crippen LogP contribution in [0.1, 0.15) is 53.9 Å². The largest absolute Gasteiger partial charge is 0.351 e. The molecule has 4 nitrogen and oxygen atoms in total. The van der Waals surface area contributed by atoms with Crippen molar-refractivity contribution in [3.63, 3.8) is 0 Å². The summed E-state index contributed by atoms with van der Waals surface area (Å²) >= 11 is 0. The van der Waals surface area contributed by atoms with Crippen LogP contribution < -0.4 is 16.6 Å². The highest BCUT2D eigenvalue weighted by molar-refractivity contribution is 5.79. The quantitative estimate of drug-likeness (QED) is 0.318. The normalized spacial score (nSPS) is 36.9. The van der Waals surface area contributed by atoms with Crippen LogP contribution in [0.15, 0.2) is 4.99 Å². The number of fused-ring (bicyclic) bond motifs is 2. The highest BCUT2D eigenvalue weighted by Gasteiger charge is 2.59. The van der Waals surface area contributed by atoms with Crippen LogP contribution in [0.25, 0.3) is 0 Å². The molecule has 2 saturated carbocycles. The molecule has 2 bridgehead atoms. The molecule has 0 spiro atoms. The van der Waals surface area contributed by atoms with E-state index in [1.807, 2.05) is 0 Å². The highest BCUT2D eigenvalue weighted by atomic mass is 15.3. The molecule has 110 valence electrons. The van der Waals surface area contributed by atoms with E-state index in [1.54, 1.807) is 0 Å². The third-order valence-electron chi connectivity index (χ3n) is 5.30. The van der Waals surface area contributed by atoms with Gasteiger partial charge >= 0.3 is 0 Å². The van der Waals surface area contributed by atoms with E-state index < -0.39 is 0 Å². The third kappa shape index (κ3) is 2.60. The van der Waals surface area contributed by atoms with Crippen LogP contribution in [0.3, 0.4) is 0 Å². The second-order valence-electron chi connectivity index (χ2n) is 7.72. The summed E-state index contributed by atoms with van der Waals surface area (Å²) in [6.07, 6.45) is 4.02. The number of hydrogen-bond acceptors (Lipinski definition) is 2. The summed E-state index contributed by atoms with van der Waals surface area (Å²) in [4.78, 5) is 4.55. The fourth-order valence-corrected chi connectivity index (χ4v) is 4.21. The highest BCUT2D eigenvalue weighted by Crippen LogP contribution is 2.62. The summed E-state index contributed by atoms with van der Waals surface area (Å²) < 4.78 is 0. The molecule has 0 aliphatic heterocycles. The van der Waals surface area contributed by atoms with Gasteiger partial charge in [0.1, 0.15) is 0 Å². The first-order valence-electron chi connectivity index (χ1n) is 7.57. The molecule has 0 aromatic carbocycles. The monoisotopic (exact) mass is 266 g/mol. The Kier molecular flexibility index (Phi) is 3.83. The summed E-state index contributed by atoms with van der Waals surface area (Å²) in [5.41, 5.74) is 3.45. The number of guanidine groups is 1. The number of nitrogens with zero attached hydrogens (tertiary/aromatic N) is 1. The van der Waals surface area contributed by atoms with Crippen molar-refractivity contribution in [3.8, 4) is 0 Å². The molecule has 0 heterocycles. The molecule has 2 rings (SSSR count). The van der Waals surface area contributed by atoms with Crippen molar-refractivity contribution in [2.45, 2.75) is 59.9 Å². The second-order valence-corrected chi connectivity index (χ2v) is 7.72. The Labute approximate surface area is 117 Å². The molecule has 2 aliphatic carbocycles. The smallest absolute Gasteiger partial charge is 0.205 e. The molecule has 0 aromatic rings. The van der Waals surface area contributed by atoms with Gasteiger partial charge in [0, 0.05) is 12.6 Å². The van der Waals surface area contributed by atoms with Crippen molar-refractivity contribution in [2.24, 2.45) is 33.5 Å². The van der Waals surface area contributed by atoms with Crippen LogP contribution in [-0.2, 0) is 0 Å². The molecule has 2 aliphatic rings. The van der Waals surface area contributed by atoms with Crippen molar-refractivity contribution in [1.29, 1.82) is 0 Å². The predicted molar refractivity (Wildman–Crippen MR) is 80.6 cm³/mol. The average Bonchev–Trinajstić information content (AvgIpc) is 2.79. The number of hydrogen-bond donors (Lipinski definition) is 3. The summed E-state index contributed by atoms with van der Waals surface area (Å²) in [5, 5.41) is 3.60. The lowest BCUT2D eigenvalue weighted by atomic mass is 9.68. The molecule has 3 unspecified atom stereocenters. The summed E-state index contributed by atoms with van der Waals surface area (Å²) in [6.45, 7) is 12.3. The van der Waals surface area contributed by atoms with Crippen molar-refractivity contribution in [2.75, 3.05) is 6.54 Å². The molecule has 4 heteroatoms. The predicted octanol–water partition coefficient (Wildman–Crippen LogP) is 2.27. The zero-order chi connectivity index (χ0) is 14.3. The summed E-state index contributed by atoms with van der Waals surface area (Å²) in [6, 6.07) is 0.459. The van der Waals surface area contributed by atoms with E-state index in [-0.39, 0.29) is 0 Å². The van der Waals surface area contributed by atoms with E-state index in [9.17, 15) is 0 Å². The van der Waals surface area contributed by atoms with Crippen LogP contribution in [0, 0.1) is 22.7 Å². The van der Waals surface area contributed by atoms with Crippen LogP contribution >= 0.6 is 0 Å². The molecule has 4 N–H and O–H groups in total. The number of nitrogens with one attached hydrogen (secondary N) is 2. The van der Waals surface area contributed by atoms with Crippen molar-refractivity contribution in [1.82, 2.24) is 10.7 Å². The number of hydrazine groups is 1. The van der Waals surface area contributed by atoms with Gasteiger partial charge in [-0.25, -0.2) is 5.84 Å². The van der Waals surface area contributed by atoms with Gasteiger partial charge in [-0.05, 0) is 41.9 Å². The van der Waals surface area contributed by atoms with Gasteiger partial charge in [0.25, 0.3) is 0 Å². The van der Waals surface area contributed by atoms with Crippen LogP contribution in [0.4, 0.5) is 0 Å². The van der Waals surface area contributed by atoms with Crippen LogP contribution in [-0.4, -0.2) is 18.5 Å². The average molecular weight is 266 g/mol. The molecule has 3 atom stereocenters. The third-order valence-corrected chi connectivity index (χ3v) is 5.30. The standard InChI is InChI=1S/C15H30N4/c1-10(2)9-17-13(19-16)18-12-14(3,4)11-6-7-15(12,5)8-11/h10-12H,6-9,16H2,1-5H3,(H2,17,18,19). The lowest BCUT2D eigenvalue weighted by Crippen LogP contribution is -2.56. The first kappa shape index (κ1) is 14.6. The number of nitrogens with two attached hydrogens (primary N) is 1. The Morgan fingerprint density at radius 3 is 2.53 bits per heavy atom. The zero-order valence-electron chi connectivity index (χ0n) is 13.1. The molecule has 0 amide bonds. The molecular weight excluding hydrogens is 236 g/mol. The fourth-order valence-electron chi connectivity index (χ4n) is 4.21. The molecule has 0 saturated heterocycles. The van der Waals surface area contributed by atoms with E-state index in [1.165, 1.54) is 19.3 Å². The molecule has 0 radical (unpaired) electrons. The fraction of sp³-hybridized carbons (Fsp3) is 0.933. The first-order valence-corrected chi connectivity index (χ1v) is 7.57. The van der Waals surface area contributed by atoms with Gasteiger partial charge in [-0.3, -0.25) is 10.4 Å². The van der Waals surface area contributed by atoms with E-state index in [2.05, 4.69) is 50.4 Å². The molecule has 19 heavy (non-hydrogen) atoms. The number of rotatable bonds is 3. The van der Waals surface area contributed by atoms with E-state index >= 15 is 0 Å². The maximum atomic E-state index is 5.62. The van der Waals surface area contributed by atoms with Gasteiger partial charge in [0.2, 0.25) is 5.96 Å². The van der Waals surface area contributed by atoms with Crippen molar-refractivity contribution < 1.29 is 0 Å². The summed E-state index contributed by atoms with van der Waals surface area (Å²) in [5.74, 6) is 7.76. The lowest BCUT2D eigenvalue weighted by Gasteiger charge is -2.43. The van der Waals surface area contributed by atoms with Gasteiger partial charge in [0.05, 0.1) is 0 Å². The Bertz CT molecular complexity index is 356. The zero-order valence-corrected chi connectivity index (χ0v) is 13.1. The van der Waals surface area contributed by atoms with Gasteiger partial charge in [-0.15, -0.1) is 0 Å². The minimum atomic E-state index is 0.322. The minimum absolute atomic E-state index is 0.322. The van der Waals surface area contributed by atoms with Crippen molar-refractivity contribution in [3.05, 3.63) is 0 Å². The Balaban J connectivity index is 2.11. The molecule has 2 fully saturated rings. The maximum Gasteiger partial charge on any atom is 0.205 e. The van der Waals surface area contributed by atoms with Gasteiger partial charge in [-0.1, -0.05) is 34.6 Å². The molecular formula is C15H30N4. The second kappa shape index (κ2) is 4.97. The van der Waals surface area contributed by atoms with Gasteiger partial charge < -0.3 is 5.32 Å². The van der Waals surface area contributed by atoms with E-state index in [0.29, 0.717) is 22.8 Å². The Hall–Kier alpha value is -0.770. The SMILES string of the molecule is CC(C)CN=C(NN)NC1C2(C)CCC(C2)C1(C)C. The Morgan fingerprint density at radius 2 is 2.05 bits per heavy atom. The first-order chi connectivity index (χ1) is 8.79. The minimum Gasteiger partial charge on any atom is -0.351 e. The van der Waals surface area contributed by atoms with E-state index in [0.717, 1.165) is 18.4 Å². The number of aliphatic imine (C=N–C) groups is 1. The summed E-state index contributed by atoms with van der Waals surface area (Å²) in [7, 11) is 0. The van der Waals surface area contributed by atoms with Gasteiger partial charge in [-0.2, -0.15) is 0 Å². The van der Waals surface area contributed by atoms with Crippen LogP contribution in [0.5, 0.6) is 0 Å².